The van der Waals surface area contributed by atoms with Crippen molar-refractivity contribution in [2.75, 3.05) is 0 Å². The zero-order valence-corrected chi connectivity index (χ0v) is 14.0. The fourth-order valence-corrected chi connectivity index (χ4v) is 2.76. The molecule has 0 heterocycles. The molecule has 114 valence electrons. The molecule has 0 nitrogen and oxygen atoms in total. The van der Waals surface area contributed by atoms with Gasteiger partial charge in [-0.3, -0.25) is 0 Å². The molecular weight excluding hydrogens is 264 g/mol. The second-order valence-corrected chi connectivity index (χ2v) is 5.81. The standard InChI is InChI=1S/C22H26/c1-4-11-22(21-14-9-6-10-15-21)17-18(2)16-19(3)20-12-7-5-8-13-20/h5-9,11-14,16-17H,4,10,15H2,1-3H3/b18-17-,19-16+,22-11-. The number of benzene rings is 1. The van der Waals surface area contributed by atoms with Crippen LogP contribution in [-0.4, -0.2) is 0 Å². The summed E-state index contributed by atoms with van der Waals surface area (Å²) in [5.41, 5.74) is 6.73. The summed E-state index contributed by atoms with van der Waals surface area (Å²) in [7, 11) is 0. The van der Waals surface area contributed by atoms with Gasteiger partial charge >= 0.3 is 0 Å². The molecule has 0 N–H and O–H groups in total. The third-order valence-electron chi connectivity index (χ3n) is 3.87. The molecule has 0 saturated heterocycles. The summed E-state index contributed by atoms with van der Waals surface area (Å²) in [5.74, 6) is 0. The van der Waals surface area contributed by atoms with E-state index in [0.29, 0.717) is 0 Å². The van der Waals surface area contributed by atoms with Gasteiger partial charge in [0, 0.05) is 0 Å². The van der Waals surface area contributed by atoms with Gasteiger partial charge < -0.3 is 0 Å². The van der Waals surface area contributed by atoms with E-state index in [-0.39, 0.29) is 0 Å². The van der Waals surface area contributed by atoms with Crippen LogP contribution in [0.2, 0.25) is 0 Å². The highest BCUT2D eigenvalue weighted by Gasteiger charge is 2.04. The second-order valence-electron chi connectivity index (χ2n) is 5.81. The fraction of sp³-hybridized carbons (Fsp3) is 0.273. The van der Waals surface area contributed by atoms with Gasteiger partial charge in [-0.25, -0.2) is 0 Å². The molecule has 0 aliphatic heterocycles. The molecule has 1 aromatic rings. The SMILES string of the molecule is CC/C=C(/C=C(C)\C=C(/C)c1ccccc1)C1=CC=CCC1. The lowest BCUT2D eigenvalue weighted by molar-refractivity contribution is 0.972. The van der Waals surface area contributed by atoms with E-state index in [9.17, 15) is 0 Å². The van der Waals surface area contributed by atoms with Crippen molar-refractivity contribution >= 4 is 5.57 Å². The zero-order valence-electron chi connectivity index (χ0n) is 14.0. The van der Waals surface area contributed by atoms with Crippen molar-refractivity contribution in [3.8, 4) is 0 Å². The number of allylic oxidation sites excluding steroid dienone is 10. The number of hydrogen-bond donors (Lipinski definition) is 0. The van der Waals surface area contributed by atoms with Gasteiger partial charge in [0.15, 0.2) is 0 Å². The van der Waals surface area contributed by atoms with Crippen molar-refractivity contribution in [1.29, 1.82) is 0 Å². The van der Waals surface area contributed by atoms with Gasteiger partial charge in [0.2, 0.25) is 0 Å². The van der Waals surface area contributed by atoms with Gasteiger partial charge in [0.05, 0.1) is 0 Å². The van der Waals surface area contributed by atoms with Gasteiger partial charge in [-0.15, -0.1) is 0 Å². The Hall–Kier alpha value is -2.08. The molecule has 0 radical (unpaired) electrons. The molecule has 1 aliphatic carbocycles. The Morgan fingerprint density at radius 1 is 1.09 bits per heavy atom. The quantitative estimate of drug-likeness (QED) is 0.532. The van der Waals surface area contributed by atoms with Crippen molar-refractivity contribution in [3.05, 3.63) is 89.1 Å². The predicted molar refractivity (Wildman–Crippen MR) is 98.7 cm³/mol. The van der Waals surface area contributed by atoms with E-state index < -0.39 is 0 Å². The first-order valence-electron chi connectivity index (χ1n) is 8.19. The molecule has 0 amide bonds. The molecule has 1 aromatic carbocycles. The summed E-state index contributed by atoms with van der Waals surface area (Å²) in [5, 5.41) is 0. The minimum absolute atomic E-state index is 1.07. The highest BCUT2D eigenvalue weighted by Crippen LogP contribution is 2.24. The maximum atomic E-state index is 2.33. The number of rotatable bonds is 5. The van der Waals surface area contributed by atoms with Crippen LogP contribution < -0.4 is 0 Å². The molecule has 0 bridgehead atoms. The summed E-state index contributed by atoms with van der Waals surface area (Å²) in [6, 6.07) is 10.6. The summed E-state index contributed by atoms with van der Waals surface area (Å²) < 4.78 is 0. The molecule has 22 heavy (non-hydrogen) atoms. The summed E-state index contributed by atoms with van der Waals surface area (Å²) >= 11 is 0. The van der Waals surface area contributed by atoms with Gasteiger partial charge in [0.1, 0.15) is 0 Å². The van der Waals surface area contributed by atoms with Crippen LogP contribution in [0.4, 0.5) is 0 Å². The Morgan fingerprint density at radius 3 is 2.50 bits per heavy atom. The Labute approximate surface area is 135 Å². The molecule has 0 unspecified atom stereocenters. The summed E-state index contributed by atoms with van der Waals surface area (Å²) in [6.07, 6.45) is 17.0. The molecule has 0 fully saturated rings. The van der Waals surface area contributed by atoms with Crippen LogP contribution in [0, 0.1) is 0 Å². The van der Waals surface area contributed by atoms with Crippen molar-refractivity contribution < 1.29 is 0 Å². The maximum Gasteiger partial charge on any atom is -0.0227 e. The summed E-state index contributed by atoms with van der Waals surface area (Å²) in [6.45, 7) is 6.57. The van der Waals surface area contributed by atoms with Crippen molar-refractivity contribution in [1.82, 2.24) is 0 Å². The average Bonchev–Trinajstić information content (AvgIpc) is 2.56. The first-order valence-corrected chi connectivity index (χ1v) is 8.19. The molecule has 0 spiro atoms. The van der Waals surface area contributed by atoms with Crippen LogP contribution in [-0.2, 0) is 0 Å². The van der Waals surface area contributed by atoms with E-state index in [0.717, 1.165) is 19.3 Å². The normalized spacial score (nSPS) is 16.7. The van der Waals surface area contributed by atoms with Crippen LogP contribution in [0.15, 0.2) is 83.5 Å². The van der Waals surface area contributed by atoms with Crippen LogP contribution in [0.3, 0.4) is 0 Å². The predicted octanol–water partition coefficient (Wildman–Crippen LogP) is 6.65. The van der Waals surface area contributed by atoms with Crippen LogP contribution in [0.5, 0.6) is 0 Å². The van der Waals surface area contributed by atoms with Crippen LogP contribution >= 0.6 is 0 Å². The van der Waals surface area contributed by atoms with E-state index in [1.807, 2.05) is 0 Å². The maximum absolute atomic E-state index is 2.33. The van der Waals surface area contributed by atoms with E-state index in [1.165, 1.54) is 27.9 Å². The minimum Gasteiger partial charge on any atom is -0.0842 e. The zero-order chi connectivity index (χ0) is 15.8. The molecule has 0 aromatic heterocycles. The largest absolute Gasteiger partial charge is 0.0842 e. The topological polar surface area (TPSA) is 0 Å². The smallest absolute Gasteiger partial charge is 0.0227 e. The Kier molecular flexibility index (Phi) is 6.21. The molecule has 1 aliphatic rings. The lowest BCUT2D eigenvalue weighted by Crippen LogP contribution is -1.92. The molecular formula is C22H26. The second kappa shape index (κ2) is 8.38. The van der Waals surface area contributed by atoms with E-state index in [1.54, 1.807) is 0 Å². The van der Waals surface area contributed by atoms with Gasteiger partial charge in [-0.1, -0.05) is 79.3 Å². The van der Waals surface area contributed by atoms with Gasteiger partial charge in [-0.2, -0.15) is 0 Å². The Morgan fingerprint density at radius 2 is 1.86 bits per heavy atom. The molecule has 0 heteroatoms. The highest BCUT2D eigenvalue weighted by atomic mass is 14.1. The lowest BCUT2D eigenvalue weighted by atomic mass is 9.94. The fourth-order valence-electron chi connectivity index (χ4n) is 2.76. The van der Waals surface area contributed by atoms with Crippen molar-refractivity contribution in [3.63, 3.8) is 0 Å². The van der Waals surface area contributed by atoms with Crippen LogP contribution in [0.25, 0.3) is 5.57 Å². The molecule has 0 atom stereocenters. The van der Waals surface area contributed by atoms with E-state index in [4.69, 9.17) is 0 Å². The third-order valence-corrected chi connectivity index (χ3v) is 3.87. The first kappa shape index (κ1) is 16.3. The monoisotopic (exact) mass is 290 g/mol. The average molecular weight is 290 g/mol. The Balaban J connectivity index is 2.23. The third kappa shape index (κ3) is 4.73. The summed E-state index contributed by atoms with van der Waals surface area (Å²) in [4.78, 5) is 0. The van der Waals surface area contributed by atoms with E-state index >= 15 is 0 Å². The Bertz CT molecular complexity index is 634. The highest BCUT2D eigenvalue weighted by molar-refractivity contribution is 5.66. The minimum atomic E-state index is 1.07. The molecule has 2 rings (SSSR count). The van der Waals surface area contributed by atoms with Gasteiger partial charge in [-0.05, 0) is 55.4 Å². The van der Waals surface area contributed by atoms with E-state index in [2.05, 4.69) is 87.6 Å². The van der Waals surface area contributed by atoms with Crippen molar-refractivity contribution in [2.24, 2.45) is 0 Å². The molecule has 0 saturated carbocycles. The van der Waals surface area contributed by atoms with Gasteiger partial charge in [0.25, 0.3) is 0 Å². The number of hydrogen-bond acceptors (Lipinski definition) is 0. The van der Waals surface area contributed by atoms with Crippen LogP contribution in [0.1, 0.15) is 45.6 Å². The lowest BCUT2D eigenvalue weighted by Gasteiger charge is -2.11. The van der Waals surface area contributed by atoms with Crippen molar-refractivity contribution in [2.45, 2.75) is 40.0 Å². The first-order chi connectivity index (χ1) is 10.7.